The van der Waals surface area contributed by atoms with Gasteiger partial charge in [0.25, 0.3) is 5.91 Å². The van der Waals surface area contributed by atoms with E-state index < -0.39 is 17.6 Å². The summed E-state index contributed by atoms with van der Waals surface area (Å²) in [6.07, 6.45) is -0.278. The van der Waals surface area contributed by atoms with Gasteiger partial charge in [-0.05, 0) is 38.5 Å². The average molecular weight is 354 g/mol. The normalized spacial score (nSPS) is 13.2. The lowest BCUT2D eigenvalue weighted by molar-refractivity contribution is -0.115. The van der Waals surface area contributed by atoms with Crippen molar-refractivity contribution >= 4 is 39.3 Å². The Morgan fingerprint density at radius 2 is 2.00 bits per heavy atom. The average Bonchev–Trinajstić information content (AvgIpc) is 2.76. The standard InChI is InChI=1S/C14H16BrN3O3/c1-14(2,3)21-13(20)18-17-12(19)11-6-8-4-5-9(15)7-10(8)16-11/h4-5,7H,6H2,1-3H3,(H,17,19)(H,18,20). The molecule has 1 aliphatic rings. The Bertz CT molecular complexity index is 620. The third-order valence-electron chi connectivity index (χ3n) is 2.60. The first kappa shape index (κ1) is 15.5. The number of carbonyl (C=O) groups is 2. The smallest absolute Gasteiger partial charge is 0.426 e. The quantitative estimate of drug-likeness (QED) is 0.761. The highest BCUT2D eigenvalue weighted by molar-refractivity contribution is 9.10. The maximum absolute atomic E-state index is 11.9. The molecular formula is C14H16BrN3O3. The Morgan fingerprint density at radius 1 is 1.29 bits per heavy atom. The van der Waals surface area contributed by atoms with Crippen LogP contribution >= 0.6 is 15.9 Å². The number of amides is 2. The van der Waals surface area contributed by atoms with Crippen LogP contribution in [0.4, 0.5) is 10.5 Å². The van der Waals surface area contributed by atoms with Crippen molar-refractivity contribution in [3.63, 3.8) is 0 Å². The number of halogens is 1. The lowest BCUT2D eigenvalue weighted by atomic mass is 10.1. The zero-order valence-electron chi connectivity index (χ0n) is 12.0. The maximum atomic E-state index is 11.9. The molecule has 1 aliphatic heterocycles. The molecule has 0 saturated heterocycles. The van der Waals surface area contributed by atoms with Crippen LogP contribution in [-0.4, -0.2) is 23.3 Å². The summed E-state index contributed by atoms with van der Waals surface area (Å²) in [5, 5.41) is 0. The molecule has 1 aromatic rings. The summed E-state index contributed by atoms with van der Waals surface area (Å²) in [5.41, 5.74) is 5.95. The van der Waals surface area contributed by atoms with E-state index in [0.717, 1.165) is 15.7 Å². The molecule has 7 heteroatoms. The van der Waals surface area contributed by atoms with Crippen LogP contribution in [0.15, 0.2) is 27.7 Å². The Balaban J connectivity index is 1.91. The zero-order valence-corrected chi connectivity index (χ0v) is 13.6. The van der Waals surface area contributed by atoms with Crippen LogP contribution in [0.25, 0.3) is 0 Å². The highest BCUT2D eigenvalue weighted by Gasteiger charge is 2.22. The summed E-state index contributed by atoms with van der Waals surface area (Å²) in [6, 6.07) is 5.65. The fraction of sp³-hybridized carbons (Fsp3) is 0.357. The first-order valence-corrected chi connectivity index (χ1v) is 7.19. The second kappa shape index (κ2) is 5.85. The van der Waals surface area contributed by atoms with Gasteiger partial charge in [-0.25, -0.2) is 15.2 Å². The molecule has 2 amide bonds. The Morgan fingerprint density at radius 3 is 2.67 bits per heavy atom. The van der Waals surface area contributed by atoms with E-state index in [1.807, 2.05) is 18.2 Å². The highest BCUT2D eigenvalue weighted by Crippen LogP contribution is 2.29. The number of carbonyl (C=O) groups excluding carboxylic acids is 2. The van der Waals surface area contributed by atoms with E-state index in [4.69, 9.17) is 4.74 Å². The van der Waals surface area contributed by atoms with E-state index >= 15 is 0 Å². The van der Waals surface area contributed by atoms with Crippen LogP contribution in [0.2, 0.25) is 0 Å². The number of rotatable bonds is 1. The van der Waals surface area contributed by atoms with E-state index in [2.05, 4.69) is 31.8 Å². The molecule has 21 heavy (non-hydrogen) atoms. The summed E-state index contributed by atoms with van der Waals surface area (Å²) < 4.78 is 5.92. The van der Waals surface area contributed by atoms with Gasteiger partial charge in [-0.3, -0.25) is 10.2 Å². The predicted octanol–water partition coefficient (Wildman–Crippen LogP) is 2.63. The topological polar surface area (TPSA) is 79.8 Å². The van der Waals surface area contributed by atoms with Gasteiger partial charge in [0.2, 0.25) is 0 Å². The van der Waals surface area contributed by atoms with Crippen LogP contribution in [0.1, 0.15) is 26.3 Å². The monoisotopic (exact) mass is 353 g/mol. The minimum Gasteiger partial charge on any atom is -0.443 e. The zero-order chi connectivity index (χ0) is 15.6. The third kappa shape index (κ3) is 4.29. The maximum Gasteiger partial charge on any atom is 0.426 e. The molecule has 0 saturated carbocycles. The first-order chi connectivity index (χ1) is 9.74. The number of hydrazine groups is 1. The summed E-state index contributed by atoms with van der Waals surface area (Å²) >= 11 is 3.36. The fourth-order valence-electron chi connectivity index (χ4n) is 1.77. The van der Waals surface area contributed by atoms with Gasteiger partial charge < -0.3 is 4.74 Å². The summed E-state index contributed by atoms with van der Waals surface area (Å²) in [5.74, 6) is -0.451. The van der Waals surface area contributed by atoms with E-state index in [-0.39, 0.29) is 0 Å². The Kier molecular flexibility index (Phi) is 4.32. The molecule has 0 unspecified atom stereocenters. The molecular weight excluding hydrogens is 338 g/mol. The van der Waals surface area contributed by atoms with Gasteiger partial charge in [0.05, 0.1) is 5.69 Å². The predicted molar refractivity (Wildman–Crippen MR) is 82.5 cm³/mol. The number of hydrogen-bond acceptors (Lipinski definition) is 4. The van der Waals surface area contributed by atoms with Crippen molar-refractivity contribution in [2.24, 2.45) is 4.99 Å². The molecule has 0 bridgehead atoms. The van der Waals surface area contributed by atoms with Crippen molar-refractivity contribution < 1.29 is 14.3 Å². The van der Waals surface area contributed by atoms with Crippen LogP contribution in [-0.2, 0) is 16.0 Å². The van der Waals surface area contributed by atoms with Crippen molar-refractivity contribution in [2.75, 3.05) is 0 Å². The van der Waals surface area contributed by atoms with Crippen molar-refractivity contribution in [1.82, 2.24) is 10.9 Å². The van der Waals surface area contributed by atoms with E-state index in [0.29, 0.717) is 12.1 Å². The second-order valence-electron chi connectivity index (χ2n) is 5.59. The van der Waals surface area contributed by atoms with Gasteiger partial charge in [0, 0.05) is 10.9 Å². The van der Waals surface area contributed by atoms with E-state index in [9.17, 15) is 9.59 Å². The van der Waals surface area contributed by atoms with Gasteiger partial charge in [-0.1, -0.05) is 22.0 Å². The molecule has 0 fully saturated rings. The number of aliphatic imine (C=N–C) groups is 1. The number of fused-ring (bicyclic) bond motifs is 1. The number of nitrogens with one attached hydrogen (secondary N) is 2. The van der Waals surface area contributed by atoms with Gasteiger partial charge in [0.1, 0.15) is 11.3 Å². The molecule has 0 aliphatic carbocycles. The molecule has 0 radical (unpaired) electrons. The van der Waals surface area contributed by atoms with E-state index in [1.54, 1.807) is 20.8 Å². The van der Waals surface area contributed by atoms with Crippen LogP contribution in [0.3, 0.4) is 0 Å². The molecule has 112 valence electrons. The molecule has 6 nitrogen and oxygen atoms in total. The summed E-state index contributed by atoms with van der Waals surface area (Å²) in [7, 11) is 0. The SMILES string of the molecule is CC(C)(C)OC(=O)NNC(=O)C1=Nc2cc(Br)ccc2C1. The van der Waals surface area contributed by atoms with Gasteiger partial charge >= 0.3 is 6.09 Å². The molecule has 2 rings (SSSR count). The minimum absolute atomic E-state index is 0.346. The number of benzene rings is 1. The lowest BCUT2D eigenvalue weighted by Crippen LogP contribution is -2.46. The Labute approximate surface area is 131 Å². The highest BCUT2D eigenvalue weighted by atomic mass is 79.9. The largest absolute Gasteiger partial charge is 0.443 e. The van der Waals surface area contributed by atoms with Gasteiger partial charge in [-0.15, -0.1) is 0 Å². The van der Waals surface area contributed by atoms with E-state index in [1.165, 1.54) is 0 Å². The molecule has 0 aromatic heterocycles. The number of ether oxygens (including phenoxy) is 1. The van der Waals surface area contributed by atoms with Gasteiger partial charge in [-0.2, -0.15) is 0 Å². The van der Waals surface area contributed by atoms with Crippen LogP contribution < -0.4 is 10.9 Å². The fourth-order valence-corrected chi connectivity index (χ4v) is 2.12. The first-order valence-electron chi connectivity index (χ1n) is 6.40. The van der Waals surface area contributed by atoms with Crippen molar-refractivity contribution in [1.29, 1.82) is 0 Å². The third-order valence-corrected chi connectivity index (χ3v) is 3.09. The Hall–Kier alpha value is -1.89. The molecule has 0 atom stereocenters. The van der Waals surface area contributed by atoms with Crippen LogP contribution in [0.5, 0.6) is 0 Å². The lowest BCUT2D eigenvalue weighted by Gasteiger charge is -2.19. The van der Waals surface area contributed by atoms with Crippen LogP contribution in [0, 0.1) is 0 Å². The minimum atomic E-state index is -0.713. The van der Waals surface area contributed by atoms with Crippen molar-refractivity contribution in [3.8, 4) is 0 Å². The van der Waals surface area contributed by atoms with Gasteiger partial charge in [0.15, 0.2) is 0 Å². The van der Waals surface area contributed by atoms with Crippen molar-refractivity contribution in [3.05, 3.63) is 28.2 Å². The molecule has 1 heterocycles. The number of nitrogens with zero attached hydrogens (tertiary/aromatic N) is 1. The summed E-state index contributed by atoms with van der Waals surface area (Å²) in [6.45, 7) is 5.22. The number of hydrogen-bond donors (Lipinski definition) is 2. The summed E-state index contributed by atoms with van der Waals surface area (Å²) in [4.78, 5) is 27.6. The molecule has 0 spiro atoms. The van der Waals surface area contributed by atoms with Crippen molar-refractivity contribution in [2.45, 2.75) is 32.8 Å². The molecule has 1 aromatic carbocycles. The second-order valence-corrected chi connectivity index (χ2v) is 6.51. The molecule has 2 N–H and O–H groups in total.